The molecule has 33 heavy (non-hydrogen) atoms. The van der Waals surface area contributed by atoms with Crippen LogP contribution in [0.5, 0.6) is 5.75 Å². The molecule has 0 saturated carbocycles. The first kappa shape index (κ1) is 23.1. The summed E-state index contributed by atoms with van der Waals surface area (Å²) in [5.74, 6) is -0.764. The highest BCUT2D eigenvalue weighted by atomic mass is 16.3. The van der Waals surface area contributed by atoms with Crippen LogP contribution < -0.4 is 10.6 Å². The van der Waals surface area contributed by atoms with E-state index in [-0.39, 0.29) is 11.3 Å². The number of fused-ring (bicyclic) bond motifs is 1. The van der Waals surface area contributed by atoms with Crippen molar-refractivity contribution in [3.8, 4) is 5.75 Å². The molecule has 8 heteroatoms. The largest absolute Gasteiger partial charge is 0.507 e. The lowest BCUT2D eigenvalue weighted by Gasteiger charge is -2.47. The maximum Gasteiger partial charge on any atom is 0.252 e. The average molecular weight is 452 g/mol. The predicted octanol–water partition coefficient (Wildman–Crippen LogP) is 2.56. The number of primary amides is 1. The molecule has 1 aromatic carbocycles. The second-order valence-corrected chi connectivity index (χ2v) is 9.81. The zero-order valence-corrected chi connectivity index (χ0v) is 19.7. The molecule has 0 aliphatic carbocycles. The molecule has 8 nitrogen and oxygen atoms in total. The zero-order chi connectivity index (χ0) is 23.9. The highest BCUT2D eigenvalue weighted by Gasteiger charge is 2.33. The van der Waals surface area contributed by atoms with Crippen molar-refractivity contribution in [2.75, 3.05) is 24.5 Å². The highest BCUT2D eigenvalue weighted by molar-refractivity contribution is 5.95. The van der Waals surface area contributed by atoms with Gasteiger partial charge in [0.05, 0.1) is 11.2 Å². The number of nitrogens with zero attached hydrogens (tertiary/aromatic N) is 4. The van der Waals surface area contributed by atoms with Gasteiger partial charge in [-0.15, -0.1) is 0 Å². The Hall–Kier alpha value is -3.10. The van der Waals surface area contributed by atoms with E-state index in [1.165, 1.54) is 0 Å². The Labute approximate surface area is 194 Å². The van der Waals surface area contributed by atoms with Crippen LogP contribution in [0.2, 0.25) is 0 Å². The monoisotopic (exact) mass is 451 g/mol. The van der Waals surface area contributed by atoms with Crippen molar-refractivity contribution >= 4 is 22.6 Å². The summed E-state index contributed by atoms with van der Waals surface area (Å²) in [6.45, 7) is 11.0. The molecule has 3 heterocycles. The number of aliphatic hydroxyl groups is 1. The van der Waals surface area contributed by atoms with E-state index < -0.39 is 11.5 Å². The molecular weight excluding hydrogens is 418 g/mol. The number of pyridine rings is 1. The summed E-state index contributed by atoms with van der Waals surface area (Å²) < 4.78 is 2.04. The van der Waals surface area contributed by atoms with Crippen LogP contribution in [0.15, 0.2) is 42.7 Å². The van der Waals surface area contributed by atoms with Crippen molar-refractivity contribution in [3.05, 3.63) is 53.9 Å². The van der Waals surface area contributed by atoms with Crippen molar-refractivity contribution in [1.82, 2.24) is 14.5 Å². The van der Waals surface area contributed by atoms with Crippen molar-refractivity contribution < 1.29 is 15.0 Å². The molecule has 4 rings (SSSR count). The van der Waals surface area contributed by atoms with Gasteiger partial charge >= 0.3 is 0 Å². The summed E-state index contributed by atoms with van der Waals surface area (Å²) in [5.41, 5.74) is 7.54. The molecule has 0 unspecified atom stereocenters. The van der Waals surface area contributed by atoms with Gasteiger partial charge in [-0.05, 0) is 57.5 Å². The Morgan fingerprint density at radius 3 is 2.48 bits per heavy atom. The van der Waals surface area contributed by atoms with Gasteiger partial charge in [-0.2, -0.15) is 0 Å². The number of nitrogens with two attached hydrogens (primary N) is 1. The van der Waals surface area contributed by atoms with Gasteiger partial charge in [-0.25, -0.2) is 4.98 Å². The van der Waals surface area contributed by atoms with Crippen LogP contribution in [0.25, 0.3) is 11.0 Å². The summed E-state index contributed by atoms with van der Waals surface area (Å²) in [6.07, 6.45) is 3.83. The van der Waals surface area contributed by atoms with Gasteiger partial charge < -0.3 is 25.4 Å². The van der Waals surface area contributed by atoms with E-state index in [0.717, 1.165) is 35.4 Å². The molecule has 2 aromatic heterocycles. The number of β-amino-alcohol motifs (C(OH)–C–C–N with tert-alkyl or cyclic N) is 1. The molecule has 1 aliphatic rings. The third kappa shape index (κ3) is 4.82. The fourth-order valence-electron chi connectivity index (χ4n) is 4.87. The minimum Gasteiger partial charge on any atom is -0.507 e. The molecule has 0 radical (unpaired) electrons. The van der Waals surface area contributed by atoms with E-state index in [2.05, 4.69) is 40.8 Å². The number of rotatable bonds is 6. The number of amides is 1. The third-order valence-corrected chi connectivity index (χ3v) is 6.33. The minimum absolute atomic E-state index is 0.114. The molecule has 3 aromatic rings. The van der Waals surface area contributed by atoms with Crippen LogP contribution in [0.4, 0.5) is 5.69 Å². The number of hydrogen-bond acceptors (Lipinski definition) is 6. The van der Waals surface area contributed by atoms with Crippen molar-refractivity contribution in [3.63, 3.8) is 0 Å². The number of hydrogen-bond donors (Lipinski definition) is 3. The average Bonchev–Trinajstić information content (AvgIpc) is 3.12. The van der Waals surface area contributed by atoms with E-state index in [9.17, 15) is 15.0 Å². The molecule has 1 saturated heterocycles. The van der Waals surface area contributed by atoms with Crippen LogP contribution in [-0.4, -0.2) is 67.9 Å². The molecule has 176 valence electrons. The zero-order valence-electron chi connectivity index (χ0n) is 19.7. The van der Waals surface area contributed by atoms with Crippen LogP contribution in [0.1, 0.15) is 43.6 Å². The Morgan fingerprint density at radius 1 is 1.18 bits per heavy atom. The first-order chi connectivity index (χ1) is 15.5. The standard InChI is InChI=1S/C25H33N5O3/c1-16-12-29(13-17(2)30(16)15-25(3,4)33)21-7-9-27-24-19(21)8-10-28(24)14-18-5-6-20(23(26)32)22(31)11-18/h5-11,16-17,31,33H,12-15H2,1-4H3,(H2,26,32)/t16-,17+. The lowest BCUT2D eigenvalue weighted by atomic mass is 10.0. The summed E-state index contributed by atoms with van der Waals surface area (Å²) >= 11 is 0. The molecular formula is C25H33N5O3. The molecule has 1 fully saturated rings. The van der Waals surface area contributed by atoms with Gasteiger partial charge in [0.2, 0.25) is 0 Å². The number of carbonyl (C=O) groups excluding carboxylic acids is 1. The molecule has 1 aliphatic heterocycles. The SMILES string of the molecule is C[C@@H]1CN(c2ccnc3c2ccn3Cc2ccc(C(N)=O)c(O)c2)C[C@H](C)N1CC(C)(C)O. The fourth-order valence-corrected chi connectivity index (χ4v) is 4.87. The molecule has 0 bridgehead atoms. The molecule has 0 spiro atoms. The second-order valence-electron chi connectivity index (χ2n) is 9.81. The third-order valence-electron chi connectivity index (χ3n) is 6.33. The van der Waals surface area contributed by atoms with E-state index in [1.54, 1.807) is 18.2 Å². The second kappa shape index (κ2) is 8.68. The summed E-state index contributed by atoms with van der Waals surface area (Å²) in [7, 11) is 0. The number of anilines is 1. The first-order valence-corrected chi connectivity index (χ1v) is 11.3. The Bertz CT molecular complexity index is 1150. The maximum absolute atomic E-state index is 11.4. The van der Waals surface area contributed by atoms with Crippen LogP contribution in [0, 0.1) is 0 Å². The van der Waals surface area contributed by atoms with Gasteiger partial charge in [0, 0.05) is 61.7 Å². The number of carbonyl (C=O) groups is 1. The number of phenols is 1. The predicted molar refractivity (Wildman–Crippen MR) is 130 cm³/mol. The van der Waals surface area contributed by atoms with Crippen molar-refractivity contribution in [2.45, 2.75) is 51.9 Å². The molecule has 2 atom stereocenters. The number of piperazine rings is 1. The first-order valence-electron chi connectivity index (χ1n) is 11.3. The van der Waals surface area contributed by atoms with Crippen LogP contribution >= 0.6 is 0 Å². The van der Waals surface area contributed by atoms with Gasteiger partial charge in [-0.3, -0.25) is 9.69 Å². The normalized spacial score (nSPS) is 19.8. The molecule has 1 amide bonds. The number of benzene rings is 1. The number of aromatic hydroxyl groups is 1. The highest BCUT2D eigenvalue weighted by Crippen LogP contribution is 2.31. The Balaban J connectivity index is 1.58. The summed E-state index contributed by atoms with van der Waals surface area (Å²) in [4.78, 5) is 20.8. The lowest BCUT2D eigenvalue weighted by Crippen LogP contribution is -2.59. The van der Waals surface area contributed by atoms with Gasteiger partial charge in [-0.1, -0.05) is 6.07 Å². The van der Waals surface area contributed by atoms with Gasteiger partial charge in [0.1, 0.15) is 11.4 Å². The van der Waals surface area contributed by atoms with E-state index >= 15 is 0 Å². The van der Waals surface area contributed by atoms with Crippen LogP contribution in [0.3, 0.4) is 0 Å². The van der Waals surface area contributed by atoms with E-state index in [4.69, 9.17) is 5.73 Å². The quantitative estimate of drug-likeness (QED) is 0.532. The van der Waals surface area contributed by atoms with Crippen molar-refractivity contribution in [1.29, 1.82) is 0 Å². The fraction of sp³-hybridized carbons (Fsp3) is 0.440. The topological polar surface area (TPSA) is 108 Å². The summed E-state index contributed by atoms with van der Waals surface area (Å²) in [6, 6.07) is 9.66. The maximum atomic E-state index is 11.4. The number of aromatic nitrogens is 2. The Morgan fingerprint density at radius 2 is 1.88 bits per heavy atom. The lowest BCUT2D eigenvalue weighted by molar-refractivity contribution is 0.00250. The summed E-state index contributed by atoms with van der Waals surface area (Å²) in [5, 5.41) is 21.5. The van der Waals surface area contributed by atoms with E-state index in [1.807, 2.05) is 30.8 Å². The van der Waals surface area contributed by atoms with Crippen molar-refractivity contribution in [2.24, 2.45) is 5.73 Å². The molecule has 4 N–H and O–H groups in total. The van der Waals surface area contributed by atoms with Crippen LogP contribution in [-0.2, 0) is 6.54 Å². The Kier molecular flexibility index (Phi) is 6.07. The van der Waals surface area contributed by atoms with E-state index in [0.29, 0.717) is 25.2 Å². The minimum atomic E-state index is -0.726. The van der Waals surface area contributed by atoms with Gasteiger partial charge in [0.25, 0.3) is 5.91 Å². The van der Waals surface area contributed by atoms with Gasteiger partial charge in [0.15, 0.2) is 0 Å². The smallest absolute Gasteiger partial charge is 0.252 e.